The zero-order chi connectivity index (χ0) is 12.0. The fraction of sp³-hybridized carbons (Fsp3) is 0.667. The van der Waals surface area contributed by atoms with Crippen LogP contribution in [0.25, 0.3) is 0 Å². The molecule has 0 saturated heterocycles. The van der Waals surface area contributed by atoms with Crippen LogP contribution in [0.2, 0.25) is 0 Å². The van der Waals surface area contributed by atoms with Crippen molar-refractivity contribution in [1.29, 1.82) is 0 Å². The van der Waals surface area contributed by atoms with E-state index in [1.165, 1.54) is 4.90 Å². The van der Waals surface area contributed by atoms with Gasteiger partial charge in [-0.1, -0.05) is 0 Å². The van der Waals surface area contributed by atoms with Crippen molar-refractivity contribution in [3.63, 3.8) is 0 Å². The molecule has 0 aromatic heterocycles. The largest absolute Gasteiger partial charge is 0.480 e. The molecule has 88 valence electrons. The Balaban J connectivity index is 2.30. The van der Waals surface area contributed by atoms with Gasteiger partial charge in [0.1, 0.15) is 6.54 Å². The van der Waals surface area contributed by atoms with E-state index >= 15 is 0 Å². The molecule has 1 fully saturated rings. The van der Waals surface area contributed by atoms with Gasteiger partial charge in [0.25, 0.3) is 0 Å². The fourth-order valence-corrected chi connectivity index (χ4v) is 1.60. The Morgan fingerprint density at radius 2 is 2.06 bits per heavy atom. The van der Waals surface area contributed by atoms with Gasteiger partial charge in [0, 0.05) is 18.9 Å². The number of hydrogen-bond acceptors (Lipinski definition) is 2. The number of carboxylic acid groups (broad SMARTS) is 1. The summed E-state index contributed by atoms with van der Waals surface area (Å²) in [5.41, 5.74) is 0. The van der Waals surface area contributed by atoms with Crippen molar-refractivity contribution in [2.75, 3.05) is 6.54 Å². The van der Waals surface area contributed by atoms with E-state index in [0.717, 1.165) is 25.7 Å². The molecule has 0 bridgehead atoms. The van der Waals surface area contributed by atoms with E-state index in [-0.39, 0.29) is 18.5 Å². The lowest BCUT2D eigenvalue weighted by Gasteiger charge is -2.19. The van der Waals surface area contributed by atoms with Gasteiger partial charge in [0.15, 0.2) is 0 Å². The Morgan fingerprint density at radius 1 is 1.38 bits per heavy atom. The molecule has 0 heterocycles. The molecule has 4 nitrogen and oxygen atoms in total. The number of carbonyl (C=O) groups excluding carboxylic acids is 1. The second-order valence-electron chi connectivity index (χ2n) is 4.06. The van der Waals surface area contributed by atoms with Crippen LogP contribution in [0.1, 0.15) is 38.5 Å². The van der Waals surface area contributed by atoms with Crippen molar-refractivity contribution in [1.82, 2.24) is 4.90 Å². The molecule has 1 aliphatic rings. The number of carbonyl (C=O) groups is 2. The first kappa shape index (κ1) is 12.6. The topological polar surface area (TPSA) is 57.6 Å². The van der Waals surface area contributed by atoms with Gasteiger partial charge < -0.3 is 10.0 Å². The minimum Gasteiger partial charge on any atom is -0.480 e. The summed E-state index contributed by atoms with van der Waals surface area (Å²) in [5, 5.41) is 8.70. The maximum atomic E-state index is 11.7. The van der Waals surface area contributed by atoms with Crippen LogP contribution in [0.4, 0.5) is 0 Å². The van der Waals surface area contributed by atoms with Crippen LogP contribution < -0.4 is 0 Å². The Hall–Kier alpha value is -1.50. The second kappa shape index (κ2) is 6.16. The highest BCUT2D eigenvalue weighted by atomic mass is 16.4. The van der Waals surface area contributed by atoms with Crippen molar-refractivity contribution in [3.8, 4) is 12.3 Å². The predicted octanol–water partition coefficient (Wildman–Crippen LogP) is 1.26. The van der Waals surface area contributed by atoms with Gasteiger partial charge in [0.2, 0.25) is 5.91 Å². The van der Waals surface area contributed by atoms with Crippen molar-refractivity contribution in [3.05, 3.63) is 0 Å². The van der Waals surface area contributed by atoms with Crippen molar-refractivity contribution in [2.24, 2.45) is 0 Å². The molecule has 0 aromatic carbocycles. The summed E-state index contributed by atoms with van der Waals surface area (Å²) in [4.78, 5) is 23.8. The highest BCUT2D eigenvalue weighted by molar-refractivity contribution is 5.81. The zero-order valence-electron chi connectivity index (χ0n) is 9.32. The molecule has 1 saturated carbocycles. The molecular formula is C12H17NO3. The summed E-state index contributed by atoms with van der Waals surface area (Å²) in [7, 11) is 0. The summed E-state index contributed by atoms with van der Waals surface area (Å²) in [5.74, 6) is 1.52. The summed E-state index contributed by atoms with van der Waals surface area (Å²) in [6.45, 7) is -0.168. The minimum absolute atomic E-state index is 0.0538. The molecule has 1 amide bonds. The summed E-state index contributed by atoms with van der Waals surface area (Å²) < 4.78 is 0. The van der Waals surface area contributed by atoms with Crippen LogP contribution >= 0.6 is 0 Å². The molecular weight excluding hydrogens is 206 g/mol. The van der Waals surface area contributed by atoms with Crippen LogP contribution in [0.5, 0.6) is 0 Å². The van der Waals surface area contributed by atoms with Gasteiger partial charge >= 0.3 is 5.97 Å². The number of nitrogens with zero attached hydrogens (tertiary/aromatic N) is 1. The van der Waals surface area contributed by atoms with Gasteiger partial charge in [-0.2, -0.15) is 0 Å². The smallest absolute Gasteiger partial charge is 0.323 e. The third kappa shape index (κ3) is 4.35. The van der Waals surface area contributed by atoms with E-state index in [1.807, 2.05) is 0 Å². The maximum absolute atomic E-state index is 11.7. The Morgan fingerprint density at radius 3 is 2.56 bits per heavy atom. The van der Waals surface area contributed by atoms with Crippen molar-refractivity contribution in [2.45, 2.75) is 44.6 Å². The number of aliphatic carboxylic acids is 1. The molecule has 0 radical (unpaired) electrons. The van der Waals surface area contributed by atoms with Gasteiger partial charge in [0.05, 0.1) is 0 Å². The molecule has 0 unspecified atom stereocenters. The lowest BCUT2D eigenvalue weighted by atomic mass is 10.2. The molecule has 1 aliphatic carbocycles. The zero-order valence-corrected chi connectivity index (χ0v) is 9.32. The molecule has 0 aliphatic heterocycles. The van der Waals surface area contributed by atoms with Gasteiger partial charge in [-0.05, 0) is 25.7 Å². The number of rotatable bonds is 7. The molecule has 1 N–H and O–H groups in total. The molecule has 0 atom stereocenters. The average Bonchev–Trinajstić information content (AvgIpc) is 3.04. The lowest BCUT2D eigenvalue weighted by molar-refractivity contribution is -0.145. The van der Waals surface area contributed by atoms with Crippen molar-refractivity contribution >= 4 is 11.9 Å². The van der Waals surface area contributed by atoms with E-state index in [4.69, 9.17) is 11.5 Å². The number of unbranched alkanes of at least 4 members (excludes halogenated alkanes) is 2. The van der Waals surface area contributed by atoms with Crippen LogP contribution in [-0.2, 0) is 9.59 Å². The molecule has 4 heteroatoms. The van der Waals surface area contributed by atoms with Crippen LogP contribution in [-0.4, -0.2) is 34.5 Å². The van der Waals surface area contributed by atoms with Gasteiger partial charge in [-0.3, -0.25) is 9.59 Å². The number of hydrogen-bond donors (Lipinski definition) is 1. The fourth-order valence-electron chi connectivity index (χ4n) is 1.60. The third-order valence-electron chi connectivity index (χ3n) is 2.58. The standard InChI is InChI=1S/C12H17NO3/c1-2-3-4-5-6-11(14)13(9-12(15)16)10-7-8-10/h1,10H,3-9H2,(H,15,16). The average molecular weight is 223 g/mol. The van der Waals surface area contributed by atoms with Crippen LogP contribution in [0, 0.1) is 12.3 Å². The number of amides is 1. The minimum atomic E-state index is -0.941. The Labute approximate surface area is 95.6 Å². The molecule has 16 heavy (non-hydrogen) atoms. The molecule has 1 rings (SSSR count). The Bertz CT molecular complexity index is 302. The highest BCUT2D eigenvalue weighted by Gasteiger charge is 2.33. The quantitative estimate of drug-likeness (QED) is 0.522. The third-order valence-corrected chi connectivity index (χ3v) is 2.58. The summed E-state index contributed by atoms with van der Waals surface area (Å²) in [6, 6.07) is 0.163. The van der Waals surface area contributed by atoms with E-state index in [2.05, 4.69) is 5.92 Å². The van der Waals surface area contributed by atoms with E-state index in [1.54, 1.807) is 0 Å². The number of carboxylic acids is 1. The van der Waals surface area contributed by atoms with Gasteiger partial charge in [-0.15, -0.1) is 12.3 Å². The maximum Gasteiger partial charge on any atom is 0.323 e. The first-order chi connectivity index (χ1) is 7.65. The summed E-state index contributed by atoms with van der Waals surface area (Å²) >= 11 is 0. The monoisotopic (exact) mass is 223 g/mol. The Kier molecular flexibility index (Phi) is 4.84. The first-order valence-electron chi connectivity index (χ1n) is 5.60. The second-order valence-corrected chi connectivity index (χ2v) is 4.06. The van der Waals surface area contributed by atoms with E-state index in [9.17, 15) is 9.59 Å². The lowest BCUT2D eigenvalue weighted by Crippen LogP contribution is -2.37. The van der Waals surface area contributed by atoms with E-state index < -0.39 is 5.97 Å². The highest BCUT2D eigenvalue weighted by Crippen LogP contribution is 2.27. The van der Waals surface area contributed by atoms with E-state index in [0.29, 0.717) is 12.8 Å². The molecule has 0 aromatic rings. The van der Waals surface area contributed by atoms with Crippen LogP contribution in [0.15, 0.2) is 0 Å². The van der Waals surface area contributed by atoms with Gasteiger partial charge in [-0.25, -0.2) is 0 Å². The first-order valence-corrected chi connectivity index (χ1v) is 5.60. The summed E-state index contributed by atoms with van der Waals surface area (Å²) in [6.07, 6.45) is 9.63. The SMILES string of the molecule is C#CCCCCC(=O)N(CC(=O)O)C1CC1. The normalized spacial score (nSPS) is 14.2. The predicted molar refractivity (Wildman–Crippen MR) is 59.7 cm³/mol. The molecule has 0 spiro atoms. The van der Waals surface area contributed by atoms with Crippen LogP contribution in [0.3, 0.4) is 0 Å². The number of terminal acetylenes is 1. The van der Waals surface area contributed by atoms with Crippen molar-refractivity contribution < 1.29 is 14.7 Å².